The number of rotatable bonds is 17. The molecule has 0 bridgehead atoms. The average molecular weight is 667 g/mol. The first-order valence-electron chi connectivity index (χ1n) is 15.9. The summed E-state index contributed by atoms with van der Waals surface area (Å²) in [6.07, 6.45) is 9.10. The number of hydrogen-bond acceptors (Lipinski definition) is 9. The molecule has 3 atom stereocenters. The van der Waals surface area contributed by atoms with Gasteiger partial charge in [-0.2, -0.15) is 0 Å². The maximum absolute atomic E-state index is 11.8. The van der Waals surface area contributed by atoms with E-state index in [2.05, 4.69) is 25.8 Å². The lowest BCUT2D eigenvalue weighted by molar-refractivity contribution is -0.130. The van der Waals surface area contributed by atoms with E-state index in [1.165, 1.54) is 6.08 Å². The summed E-state index contributed by atoms with van der Waals surface area (Å²) in [7, 11) is 1.63. The van der Waals surface area contributed by atoms with Gasteiger partial charge in [0.05, 0.1) is 19.3 Å². The van der Waals surface area contributed by atoms with E-state index in [0.717, 1.165) is 33.9 Å². The second-order valence-corrected chi connectivity index (χ2v) is 11.4. The minimum atomic E-state index is -1.28. The van der Waals surface area contributed by atoms with E-state index in [1.54, 1.807) is 44.4 Å². The van der Waals surface area contributed by atoms with Crippen LogP contribution in [0.4, 0.5) is 0 Å². The number of allylic oxidation sites excluding steroid dienone is 2. The third kappa shape index (κ3) is 10.4. The number of ether oxygens (including phenoxy) is 5. The van der Waals surface area contributed by atoms with Crippen LogP contribution in [0.1, 0.15) is 37.3 Å². The molecule has 1 aliphatic carbocycles. The Bertz CT molecular complexity index is 1720. The molecule has 9 nitrogen and oxygen atoms in total. The van der Waals surface area contributed by atoms with Crippen molar-refractivity contribution < 1.29 is 43.5 Å². The van der Waals surface area contributed by atoms with Gasteiger partial charge in [0.2, 0.25) is 6.29 Å². The van der Waals surface area contributed by atoms with Crippen LogP contribution in [-0.4, -0.2) is 54.4 Å². The molecule has 3 unspecified atom stereocenters. The molecule has 2 N–H and O–H groups in total. The van der Waals surface area contributed by atoms with Crippen LogP contribution in [0.15, 0.2) is 116 Å². The molecule has 3 aromatic carbocycles. The second kappa shape index (κ2) is 17.8. The van der Waals surface area contributed by atoms with Crippen LogP contribution < -0.4 is 18.9 Å². The topological polar surface area (TPSA) is 121 Å². The highest BCUT2D eigenvalue weighted by atomic mass is 16.6. The fourth-order valence-electron chi connectivity index (χ4n) is 5.13. The van der Waals surface area contributed by atoms with Gasteiger partial charge < -0.3 is 33.9 Å². The van der Waals surface area contributed by atoms with E-state index in [1.807, 2.05) is 42.5 Å². The van der Waals surface area contributed by atoms with Crippen LogP contribution in [0.3, 0.4) is 0 Å². The molecular formula is C40H42O9. The zero-order chi connectivity index (χ0) is 35.3. The Morgan fingerprint density at radius 2 is 1.71 bits per heavy atom. The number of aliphatic hydroxyl groups excluding tert-OH is 2. The number of esters is 2. The van der Waals surface area contributed by atoms with Gasteiger partial charge in [-0.05, 0) is 91.3 Å². The number of aryl methyl sites for hydroxylation is 1. The van der Waals surface area contributed by atoms with E-state index < -0.39 is 18.2 Å². The zero-order valence-electron chi connectivity index (χ0n) is 27.8. The van der Waals surface area contributed by atoms with Crippen molar-refractivity contribution in [3.8, 4) is 34.1 Å². The molecule has 256 valence electrons. The predicted molar refractivity (Wildman–Crippen MR) is 188 cm³/mol. The van der Waals surface area contributed by atoms with Crippen molar-refractivity contribution in [2.75, 3.05) is 13.7 Å². The maximum atomic E-state index is 11.8. The maximum Gasteiger partial charge on any atom is 0.338 e. The molecule has 0 aromatic heterocycles. The Hall–Kier alpha value is -5.22. The number of carbonyl (C=O) groups excluding carboxylic acids is 2. The van der Waals surface area contributed by atoms with Crippen molar-refractivity contribution in [1.29, 1.82) is 0 Å². The van der Waals surface area contributed by atoms with Crippen LogP contribution in [-0.2, 0) is 20.7 Å². The fourth-order valence-corrected chi connectivity index (χ4v) is 5.13. The molecule has 0 spiro atoms. The molecule has 0 saturated carbocycles. The molecule has 1 aliphatic rings. The Morgan fingerprint density at radius 1 is 0.959 bits per heavy atom. The van der Waals surface area contributed by atoms with E-state index in [9.17, 15) is 19.8 Å². The monoisotopic (exact) mass is 666 g/mol. The van der Waals surface area contributed by atoms with Crippen molar-refractivity contribution >= 4 is 17.5 Å². The van der Waals surface area contributed by atoms with E-state index in [-0.39, 0.29) is 30.3 Å². The molecule has 0 heterocycles. The molecule has 0 aliphatic heterocycles. The summed E-state index contributed by atoms with van der Waals surface area (Å²) in [6, 6.07) is 18.4. The highest BCUT2D eigenvalue weighted by molar-refractivity contribution is 5.89. The van der Waals surface area contributed by atoms with Crippen molar-refractivity contribution in [2.45, 2.75) is 51.1 Å². The molecule has 0 amide bonds. The minimum absolute atomic E-state index is 0.0208. The summed E-state index contributed by atoms with van der Waals surface area (Å²) in [5.74, 6) is 0.370. The Balaban J connectivity index is 1.38. The Kier molecular flexibility index (Phi) is 13.3. The van der Waals surface area contributed by atoms with Crippen molar-refractivity contribution in [1.82, 2.24) is 0 Å². The molecule has 49 heavy (non-hydrogen) atoms. The van der Waals surface area contributed by atoms with Gasteiger partial charge in [0.25, 0.3) is 0 Å². The number of aliphatic hydroxyl groups is 2. The van der Waals surface area contributed by atoms with E-state index >= 15 is 0 Å². The van der Waals surface area contributed by atoms with Crippen molar-refractivity contribution in [2.24, 2.45) is 0 Å². The predicted octanol–water partition coefficient (Wildman–Crippen LogP) is 6.93. The molecule has 0 fully saturated rings. The molecule has 9 heteroatoms. The lowest BCUT2D eigenvalue weighted by atomic mass is 9.95. The van der Waals surface area contributed by atoms with Crippen molar-refractivity contribution in [3.05, 3.63) is 127 Å². The van der Waals surface area contributed by atoms with Crippen LogP contribution in [0.25, 0.3) is 16.7 Å². The van der Waals surface area contributed by atoms with Gasteiger partial charge in [-0.25, -0.2) is 9.59 Å². The van der Waals surface area contributed by atoms with Crippen LogP contribution in [0.5, 0.6) is 23.0 Å². The van der Waals surface area contributed by atoms with Gasteiger partial charge in [0.1, 0.15) is 11.5 Å². The summed E-state index contributed by atoms with van der Waals surface area (Å²) in [5, 5.41) is 19.7. The van der Waals surface area contributed by atoms with E-state index in [4.69, 9.17) is 23.7 Å². The summed E-state index contributed by atoms with van der Waals surface area (Å²) >= 11 is 0. The second-order valence-electron chi connectivity index (χ2n) is 11.4. The molecule has 4 rings (SSSR count). The van der Waals surface area contributed by atoms with Crippen LogP contribution in [0, 0.1) is 0 Å². The fraction of sp³-hybridized carbons (Fsp3) is 0.250. The standard InChI is InChI=1S/C40H42O9/c1-6-38(42)48-35-21-9-27(24-37(35)49-39(43)7-2)8-15-33(22-23-41)46-31-16-10-28(11-17-31)30-14-20-34(36(25-30)45-5)29-12-18-32(19-13-29)47-40(44)26(3)4/h6-7,9-14,16,18-21,24-25,31,33,39,41,43H,1-3,8,15,17,22-23H2,4-5H3. The van der Waals surface area contributed by atoms with Crippen LogP contribution >= 0.6 is 0 Å². The Morgan fingerprint density at radius 3 is 2.35 bits per heavy atom. The Labute approximate surface area is 287 Å². The number of methoxy groups -OCH3 is 1. The van der Waals surface area contributed by atoms with Gasteiger partial charge in [-0.1, -0.05) is 68.3 Å². The first kappa shape index (κ1) is 36.6. The van der Waals surface area contributed by atoms with Crippen LogP contribution in [0.2, 0.25) is 0 Å². The molecule has 3 aromatic rings. The molecular weight excluding hydrogens is 624 g/mol. The number of benzene rings is 3. The van der Waals surface area contributed by atoms with Gasteiger partial charge in [0.15, 0.2) is 11.5 Å². The largest absolute Gasteiger partial charge is 0.496 e. The molecule has 0 radical (unpaired) electrons. The van der Waals surface area contributed by atoms with Crippen molar-refractivity contribution in [3.63, 3.8) is 0 Å². The zero-order valence-corrected chi connectivity index (χ0v) is 27.8. The SMILES string of the molecule is C=CC(=O)Oc1ccc(CCC(CCO)OC2C=CC(c3ccc(-c4ccc(OC(=O)C(=C)C)cc4)c(OC)c3)=CC2)cc1OC(O)C=C. The summed E-state index contributed by atoms with van der Waals surface area (Å²) in [5.41, 5.74) is 5.06. The lowest BCUT2D eigenvalue weighted by Gasteiger charge is -2.24. The summed E-state index contributed by atoms with van der Waals surface area (Å²) < 4.78 is 28.1. The first-order valence-corrected chi connectivity index (χ1v) is 15.9. The average Bonchev–Trinajstić information content (AvgIpc) is 3.11. The quantitative estimate of drug-likeness (QED) is 0.0520. The lowest BCUT2D eigenvalue weighted by Crippen LogP contribution is -2.23. The number of hydrogen-bond donors (Lipinski definition) is 2. The van der Waals surface area contributed by atoms with Gasteiger partial charge >= 0.3 is 11.9 Å². The first-order chi connectivity index (χ1) is 23.6. The third-order valence-corrected chi connectivity index (χ3v) is 7.73. The van der Waals surface area contributed by atoms with Gasteiger partial charge in [-0.3, -0.25) is 0 Å². The highest BCUT2D eigenvalue weighted by Crippen LogP contribution is 2.35. The highest BCUT2D eigenvalue weighted by Gasteiger charge is 2.19. The van der Waals surface area contributed by atoms with Gasteiger partial charge in [-0.15, -0.1) is 0 Å². The van der Waals surface area contributed by atoms with Gasteiger partial charge in [0, 0.05) is 23.8 Å². The summed E-state index contributed by atoms with van der Waals surface area (Å²) in [4.78, 5) is 23.6. The third-order valence-electron chi connectivity index (χ3n) is 7.73. The van der Waals surface area contributed by atoms with E-state index in [0.29, 0.717) is 42.8 Å². The number of carbonyl (C=O) groups is 2. The molecule has 0 saturated heterocycles. The summed E-state index contributed by atoms with van der Waals surface area (Å²) in [6.45, 7) is 12.1. The minimum Gasteiger partial charge on any atom is -0.496 e. The normalized spacial score (nSPS) is 14.9. The smallest absolute Gasteiger partial charge is 0.338 e.